The summed E-state index contributed by atoms with van der Waals surface area (Å²) in [7, 11) is 0. The molecule has 0 fully saturated rings. The maximum Gasteiger partial charge on any atom is 0.0343 e. The van der Waals surface area contributed by atoms with Gasteiger partial charge in [0.1, 0.15) is 0 Å². The first-order chi connectivity index (χ1) is 6.75. The first-order valence-corrected chi connectivity index (χ1v) is 5.38. The van der Waals surface area contributed by atoms with Gasteiger partial charge in [0.2, 0.25) is 0 Å². The lowest BCUT2D eigenvalue weighted by atomic mass is 9.88. The summed E-state index contributed by atoms with van der Waals surface area (Å²) in [6.45, 7) is 4.39. The number of hydrogen-bond donors (Lipinski definition) is 0. The second-order valence-electron chi connectivity index (χ2n) is 4.31. The SMILES string of the molecule is Cc1cncc(C2=C[C@H](C)CCC2)c1. The van der Waals surface area contributed by atoms with E-state index < -0.39 is 0 Å². The van der Waals surface area contributed by atoms with Crippen LogP contribution < -0.4 is 0 Å². The Morgan fingerprint density at radius 2 is 2.21 bits per heavy atom. The normalized spacial score (nSPS) is 21.9. The van der Waals surface area contributed by atoms with E-state index in [0.717, 1.165) is 5.92 Å². The maximum absolute atomic E-state index is 4.24. The third-order valence-corrected chi connectivity index (χ3v) is 2.84. The second-order valence-corrected chi connectivity index (χ2v) is 4.31. The van der Waals surface area contributed by atoms with Gasteiger partial charge in [0, 0.05) is 12.4 Å². The van der Waals surface area contributed by atoms with Gasteiger partial charge in [-0.3, -0.25) is 4.98 Å². The number of pyridine rings is 1. The zero-order chi connectivity index (χ0) is 9.97. The van der Waals surface area contributed by atoms with E-state index in [0.29, 0.717) is 0 Å². The van der Waals surface area contributed by atoms with Crippen molar-refractivity contribution in [3.8, 4) is 0 Å². The lowest BCUT2D eigenvalue weighted by Gasteiger charge is -2.17. The fraction of sp³-hybridized carbons (Fsp3) is 0.462. The van der Waals surface area contributed by atoms with Crippen molar-refractivity contribution in [2.45, 2.75) is 33.1 Å². The molecule has 1 aromatic rings. The minimum atomic E-state index is 0.735. The summed E-state index contributed by atoms with van der Waals surface area (Å²) < 4.78 is 0. The van der Waals surface area contributed by atoms with Gasteiger partial charge in [0.15, 0.2) is 0 Å². The van der Waals surface area contributed by atoms with Crippen LogP contribution in [-0.4, -0.2) is 4.98 Å². The van der Waals surface area contributed by atoms with Gasteiger partial charge in [0.25, 0.3) is 0 Å². The number of hydrogen-bond acceptors (Lipinski definition) is 1. The predicted molar refractivity (Wildman–Crippen MR) is 60.0 cm³/mol. The summed E-state index contributed by atoms with van der Waals surface area (Å²) in [5.74, 6) is 0.735. The summed E-state index contributed by atoms with van der Waals surface area (Å²) in [6, 6.07) is 2.23. The molecular weight excluding hydrogens is 170 g/mol. The Hall–Kier alpha value is -1.11. The summed E-state index contributed by atoms with van der Waals surface area (Å²) >= 11 is 0. The molecule has 0 saturated carbocycles. The third kappa shape index (κ3) is 2.03. The molecule has 0 radical (unpaired) electrons. The van der Waals surface area contributed by atoms with Gasteiger partial charge in [-0.15, -0.1) is 0 Å². The highest BCUT2D eigenvalue weighted by Crippen LogP contribution is 2.29. The molecule has 1 aromatic heterocycles. The van der Waals surface area contributed by atoms with Gasteiger partial charge in [-0.05, 0) is 54.9 Å². The Morgan fingerprint density at radius 1 is 1.36 bits per heavy atom. The molecule has 0 bridgehead atoms. The van der Waals surface area contributed by atoms with Crippen molar-refractivity contribution in [2.75, 3.05) is 0 Å². The summed E-state index contributed by atoms with van der Waals surface area (Å²) in [4.78, 5) is 4.24. The topological polar surface area (TPSA) is 12.9 Å². The summed E-state index contributed by atoms with van der Waals surface area (Å²) in [5.41, 5.74) is 4.05. The first kappa shape index (κ1) is 9.45. The van der Waals surface area contributed by atoms with Crippen LogP contribution in [0.2, 0.25) is 0 Å². The second kappa shape index (κ2) is 3.95. The van der Waals surface area contributed by atoms with Gasteiger partial charge >= 0.3 is 0 Å². The molecule has 0 aromatic carbocycles. The molecule has 2 rings (SSSR count). The Labute approximate surface area is 85.9 Å². The van der Waals surface area contributed by atoms with Crippen LogP contribution in [0.4, 0.5) is 0 Å². The van der Waals surface area contributed by atoms with E-state index in [1.165, 1.54) is 36.0 Å². The van der Waals surface area contributed by atoms with Gasteiger partial charge in [0.05, 0.1) is 0 Å². The van der Waals surface area contributed by atoms with Crippen molar-refractivity contribution in [1.29, 1.82) is 0 Å². The molecule has 0 amide bonds. The van der Waals surface area contributed by atoms with E-state index in [9.17, 15) is 0 Å². The monoisotopic (exact) mass is 187 g/mol. The highest BCUT2D eigenvalue weighted by atomic mass is 14.6. The Kier molecular flexibility index (Phi) is 2.67. The zero-order valence-corrected chi connectivity index (χ0v) is 8.96. The molecule has 74 valence electrons. The minimum absolute atomic E-state index is 0.735. The van der Waals surface area contributed by atoms with Gasteiger partial charge in [-0.2, -0.15) is 0 Å². The predicted octanol–water partition coefficient (Wildman–Crippen LogP) is 3.59. The molecule has 0 saturated heterocycles. The average molecular weight is 187 g/mol. The van der Waals surface area contributed by atoms with E-state index in [1.54, 1.807) is 0 Å². The maximum atomic E-state index is 4.24. The van der Waals surface area contributed by atoms with E-state index in [4.69, 9.17) is 0 Å². The molecule has 1 heterocycles. The fourth-order valence-electron chi connectivity index (χ4n) is 2.10. The quantitative estimate of drug-likeness (QED) is 0.654. The highest BCUT2D eigenvalue weighted by molar-refractivity contribution is 5.66. The minimum Gasteiger partial charge on any atom is -0.264 e. The van der Waals surface area contributed by atoms with Crippen LogP contribution >= 0.6 is 0 Å². The smallest absolute Gasteiger partial charge is 0.0343 e. The number of aromatic nitrogens is 1. The first-order valence-electron chi connectivity index (χ1n) is 5.38. The van der Waals surface area contributed by atoms with Crippen molar-refractivity contribution in [2.24, 2.45) is 5.92 Å². The molecule has 1 heteroatoms. The summed E-state index contributed by atoms with van der Waals surface area (Å²) in [5, 5.41) is 0. The molecule has 1 atom stereocenters. The van der Waals surface area contributed by atoms with Crippen molar-refractivity contribution >= 4 is 5.57 Å². The van der Waals surface area contributed by atoms with Gasteiger partial charge in [-0.25, -0.2) is 0 Å². The molecule has 14 heavy (non-hydrogen) atoms. The molecule has 1 aliphatic carbocycles. The molecule has 1 aliphatic rings. The lowest BCUT2D eigenvalue weighted by molar-refractivity contribution is 0.592. The molecule has 0 N–H and O–H groups in total. The highest BCUT2D eigenvalue weighted by Gasteiger charge is 2.11. The molecule has 0 spiro atoms. The zero-order valence-electron chi connectivity index (χ0n) is 8.96. The number of aryl methyl sites for hydroxylation is 1. The van der Waals surface area contributed by atoms with Crippen LogP contribution in [0.1, 0.15) is 37.3 Å². The van der Waals surface area contributed by atoms with E-state index in [1.807, 2.05) is 12.4 Å². The van der Waals surface area contributed by atoms with Crippen LogP contribution in [0.15, 0.2) is 24.5 Å². The number of allylic oxidation sites excluding steroid dienone is 2. The van der Waals surface area contributed by atoms with Crippen molar-refractivity contribution in [3.63, 3.8) is 0 Å². The van der Waals surface area contributed by atoms with E-state index in [2.05, 4.69) is 31.0 Å². The Balaban J connectivity index is 2.30. The van der Waals surface area contributed by atoms with Crippen LogP contribution in [0.3, 0.4) is 0 Å². The van der Waals surface area contributed by atoms with Crippen LogP contribution in [0.25, 0.3) is 5.57 Å². The molecule has 1 nitrogen and oxygen atoms in total. The van der Waals surface area contributed by atoms with Crippen molar-refractivity contribution in [3.05, 3.63) is 35.7 Å². The molecular formula is C13H17N. The lowest BCUT2D eigenvalue weighted by Crippen LogP contribution is -2.00. The number of rotatable bonds is 1. The summed E-state index contributed by atoms with van der Waals surface area (Å²) in [6.07, 6.45) is 10.2. The van der Waals surface area contributed by atoms with Gasteiger partial charge in [-0.1, -0.05) is 13.0 Å². The number of nitrogens with zero attached hydrogens (tertiary/aromatic N) is 1. The third-order valence-electron chi connectivity index (χ3n) is 2.84. The van der Waals surface area contributed by atoms with Gasteiger partial charge < -0.3 is 0 Å². The molecule has 0 unspecified atom stereocenters. The standard InChI is InChI=1S/C13H17N/c1-10-4-3-5-12(6-10)13-7-11(2)8-14-9-13/h6-10H,3-5H2,1-2H3/t10-/m1/s1. The fourth-order valence-corrected chi connectivity index (χ4v) is 2.10. The van der Waals surface area contributed by atoms with Crippen LogP contribution in [-0.2, 0) is 0 Å². The van der Waals surface area contributed by atoms with E-state index >= 15 is 0 Å². The largest absolute Gasteiger partial charge is 0.264 e. The van der Waals surface area contributed by atoms with E-state index in [-0.39, 0.29) is 0 Å². The average Bonchev–Trinajstić information content (AvgIpc) is 2.18. The Bertz CT molecular complexity index is 352. The van der Waals surface area contributed by atoms with Crippen molar-refractivity contribution < 1.29 is 0 Å². The van der Waals surface area contributed by atoms with Crippen molar-refractivity contribution in [1.82, 2.24) is 4.98 Å². The Morgan fingerprint density at radius 3 is 2.93 bits per heavy atom. The van der Waals surface area contributed by atoms with Crippen LogP contribution in [0, 0.1) is 12.8 Å². The van der Waals surface area contributed by atoms with Crippen LogP contribution in [0.5, 0.6) is 0 Å². The molecule has 0 aliphatic heterocycles.